The molecule has 17 heavy (non-hydrogen) atoms. The third kappa shape index (κ3) is 4.35. The summed E-state index contributed by atoms with van der Waals surface area (Å²) < 4.78 is 38.0. The molecule has 0 aliphatic carbocycles. The first-order chi connectivity index (χ1) is 7.36. The van der Waals surface area contributed by atoms with Crippen molar-refractivity contribution in [3.8, 4) is 0 Å². The van der Waals surface area contributed by atoms with Crippen LogP contribution in [-0.2, 0) is 6.18 Å². The summed E-state index contributed by atoms with van der Waals surface area (Å²) in [6, 6.07) is 2.59. The predicted molar refractivity (Wildman–Crippen MR) is 62.3 cm³/mol. The van der Waals surface area contributed by atoms with Crippen LogP contribution < -0.4 is 5.73 Å². The molecule has 0 radical (unpaired) electrons. The van der Waals surface area contributed by atoms with Crippen LogP contribution >= 0.6 is 24.0 Å². The van der Waals surface area contributed by atoms with E-state index in [0.717, 1.165) is 6.07 Å². The quantitative estimate of drug-likeness (QED) is 0.898. The fourth-order valence-corrected chi connectivity index (χ4v) is 1.56. The van der Waals surface area contributed by atoms with Gasteiger partial charge >= 0.3 is 6.18 Å². The van der Waals surface area contributed by atoms with Crippen molar-refractivity contribution in [2.45, 2.75) is 18.6 Å². The molecule has 0 aromatic heterocycles. The molecule has 1 rings (SSSR count). The fourth-order valence-electron chi connectivity index (χ4n) is 1.39. The van der Waals surface area contributed by atoms with E-state index >= 15 is 0 Å². The van der Waals surface area contributed by atoms with Crippen molar-refractivity contribution in [3.63, 3.8) is 0 Å². The molecular formula is C10H12Cl2F3NO. The Kier molecular flexibility index (Phi) is 6.26. The highest BCUT2D eigenvalue weighted by Crippen LogP contribution is 2.36. The summed E-state index contributed by atoms with van der Waals surface area (Å²) in [6.07, 6.45) is -4.42. The molecule has 0 bridgehead atoms. The van der Waals surface area contributed by atoms with Crippen LogP contribution in [0.1, 0.15) is 23.6 Å². The topological polar surface area (TPSA) is 46.2 Å². The van der Waals surface area contributed by atoms with E-state index in [2.05, 4.69) is 0 Å². The SMILES string of the molecule is Cl.N[C@@H](CCO)c1ccc(Cl)cc1C(F)(F)F. The minimum Gasteiger partial charge on any atom is -0.396 e. The van der Waals surface area contributed by atoms with Crippen LogP contribution in [0.2, 0.25) is 5.02 Å². The molecule has 0 saturated heterocycles. The second-order valence-corrected chi connectivity index (χ2v) is 3.78. The maximum Gasteiger partial charge on any atom is 0.416 e. The zero-order chi connectivity index (χ0) is 12.3. The standard InChI is InChI=1S/C10H11ClF3NO.ClH/c11-6-1-2-7(9(15)3-4-16)8(5-6)10(12,13)14;/h1-2,5,9,16H,3-4,15H2;1H/t9-;/m0./s1. The smallest absolute Gasteiger partial charge is 0.396 e. The summed E-state index contributed by atoms with van der Waals surface area (Å²) in [6.45, 7) is -0.263. The highest BCUT2D eigenvalue weighted by Gasteiger charge is 2.34. The number of nitrogens with two attached hydrogens (primary N) is 1. The Hall–Kier alpha value is -0.490. The van der Waals surface area contributed by atoms with Gasteiger partial charge in [0.25, 0.3) is 0 Å². The van der Waals surface area contributed by atoms with E-state index in [1.54, 1.807) is 0 Å². The van der Waals surface area contributed by atoms with Gasteiger partial charge in [0.1, 0.15) is 0 Å². The van der Waals surface area contributed by atoms with Crippen molar-refractivity contribution < 1.29 is 18.3 Å². The lowest BCUT2D eigenvalue weighted by atomic mass is 9.98. The van der Waals surface area contributed by atoms with Gasteiger partial charge in [-0.2, -0.15) is 13.2 Å². The number of hydrogen-bond acceptors (Lipinski definition) is 2. The van der Waals surface area contributed by atoms with Gasteiger partial charge in [-0.05, 0) is 24.1 Å². The predicted octanol–water partition coefficient (Wildman–Crippen LogP) is 3.16. The van der Waals surface area contributed by atoms with E-state index in [0.29, 0.717) is 0 Å². The molecule has 3 N–H and O–H groups in total. The van der Waals surface area contributed by atoms with Gasteiger partial charge in [-0.3, -0.25) is 0 Å². The average Bonchev–Trinajstić information content (AvgIpc) is 2.16. The van der Waals surface area contributed by atoms with Gasteiger partial charge in [0, 0.05) is 17.7 Å². The van der Waals surface area contributed by atoms with Gasteiger partial charge in [0.15, 0.2) is 0 Å². The fraction of sp³-hybridized carbons (Fsp3) is 0.400. The Balaban J connectivity index is 0.00000256. The first kappa shape index (κ1) is 16.5. The zero-order valence-corrected chi connectivity index (χ0v) is 10.2. The van der Waals surface area contributed by atoms with Gasteiger partial charge < -0.3 is 10.8 Å². The third-order valence-corrected chi connectivity index (χ3v) is 2.40. The van der Waals surface area contributed by atoms with E-state index < -0.39 is 17.8 Å². The van der Waals surface area contributed by atoms with Crippen molar-refractivity contribution in [3.05, 3.63) is 34.3 Å². The van der Waals surface area contributed by atoms with Gasteiger partial charge in [-0.25, -0.2) is 0 Å². The lowest BCUT2D eigenvalue weighted by Gasteiger charge is -2.17. The van der Waals surface area contributed by atoms with Crippen molar-refractivity contribution in [1.29, 1.82) is 0 Å². The molecule has 0 heterocycles. The Bertz CT molecular complexity index is 371. The minimum absolute atomic E-state index is 0. The van der Waals surface area contributed by atoms with E-state index in [-0.39, 0.29) is 36.0 Å². The minimum atomic E-state index is -4.49. The maximum absolute atomic E-state index is 12.7. The number of benzene rings is 1. The molecule has 0 unspecified atom stereocenters. The normalized spacial score (nSPS) is 13.1. The molecule has 1 atom stereocenters. The molecule has 2 nitrogen and oxygen atoms in total. The molecule has 7 heteroatoms. The molecule has 0 saturated carbocycles. The van der Waals surface area contributed by atoms with Gasteiger partial charge in [0.2, 0.25) is 0 Å². The molecular weight excluding hydrogens is 278 g/mol. The lowest BCUT2D eigenvalue weighted by molar-refractivity contribution is -0.138. The molecule has 1 aromatic carbocycles. The van der Waals surface area contributed by atoms with Crippen molar-refractivity contribution in [2.75, 3.05) is 6.61 Å². The third-order valence-electron chi connectivity index (χ3n) is 2.16. The Labute approximate surface area is 108 Å². The van der Waals surface area contributed by atoms with Crippen LogP contribution in [0, 0.1) is 0 Å². The lowest BCUT2D eigenvalue weighted by Crippen LogP contribution is -2.18. The van der Waals surface area contributed by atoms with Crippen molar-refractivity contribution >= 4 is 24.0 Å². The first-order valence-corrected chi connectivity index (χ1v) is 4.97. The molecule has 0 amide bonds. The number of alkyl halides is 3. The van der Waals surface area contributed by atoms with E-state index in [4.69, 9.17) is 22.4 Å². The van der Waals surface area contributed by atoms with E-state index in [1.165, 1.54) is 12.1 Å². The van der Waals surface area contributed by atoms with E-state index in [1.807, 2.05) is 0 Å². The molecule has 0 fully saturated rings. The molecule has 0 spiro atoms. The molecule has 98 valence electrons. The Morgan fingerprint density at radius 2 is 1.94 bits per heavy atom. The number of hydrogen-bond donors (Lipinski definition) is 2. The van der Waals surface area contributed by atoms with Gasteiger partial charge in [-0.15, -0.1) is 12.4 Å². The number of halogens is 5. The van der Waals surface area contributed by atoms with Gasteiger partial charge in [-0.1, -0.05) is 17.7 Å². The number of aliphatic hydroxyl groups excluding tert-OH is 1. The van der Waals surface area contributed by atoms with Crippen LogP contribution in [0.25, 0.3) is 0 Å². The molecule has 0 aliphatic heterocycles. The van der Waals surface area contributed by atoms with E-state index in [9.17, 15) is 13.2 Å². The summed E-state index contributed by atoms with van der Waals surface area (Å²) in [5.74, 6) is 0. The maximum atomic E-state index is 12.7. The van der Waals surface area contributed by atoms with Crippen LogP contribution in [0.15, 0.2) is 18.2 Å². The van der Waals surface area contributed by atoms with Crippen LogP contribution in [-0.4, -0.2) is 11.7 Å². The van der Waals surface area contributed by atoms with Crippen LogP contribution in [0.4, 0.5) is 13.2 Å². The summed E-state index contributed by atoms with van der Waals surface area (Å²) in [5.41, 5.74) is 4.65. The molecule has 0 aliphatic rings. The Morgan fingerprint density at radius 3 is 2.41 bits per heavy atom. The summed E-state index contributed by atoms with van der Waals surface area (Å²) >= 11 is 5.51. The monoisotopic (exact) mass is 289 g/mol. The number of aliphatic hydroxyl groups is 1. The first-order valence-electron chi connectivity index (χ1n) is 4.59. The second-order valence-electron chi connectivity index (χ2n) is 3.35. The van der Waals surface area contributed by atoms with Crippen molar-refractivity contribution in [2.24, 2.45) is 5.73 Å². The molecule has 1 aromatic rings. The van der Waals surface area contributed by atoms with Crippen LogP contribution in [0.5, 0.6) is 0 Å². The largest absolute Gasteiger partial charge is 0.416 e. The summed E-state index contributed by atoms with van der Waals surface area (Å²) in [5, 5.41) is 8.67. The van der Waals surface area contributed by atoms with Crippen molar-refractivity contribution in [1.82, 2.24) is 0 Å². The van der Waals surface area contributed by atoms with Crippen LogP contribution in [0.3, 0.4) is 0 Å². The van der Waals surface area contributed by atoms with Gasteiger partial charge in [0.05, 0.1) is 5.56 Å². The average molecular weight is 290 g/mol. The highest BCUT2D eigenvalue weighted by molar-refractivity contribution is 6.30. The Morgan fingerprint density at radius 1 is 1.35 bits per heavy atom. The summed E-state index contributed by atoms with van der Waals surface area (Å²) in [7, 11) is 0. The number of rotatable bonds is 3. The second kappa shape index (κ2) is 6.44. The highest BCUT2D eigenvalue weighted by atomic mass is 35.5. The zero-order valence-electron chi connectivity index (χ0n) is 8.67. The summed E-state index contributed by atoms with van der Waals surface area (Å²) in [4.78, 5) is 0.